The van der Waals surface area contributed by atoms with Crippen molar-refractivity contribution in [2.75, 3.05) is 13.7 Å². The predicted octanol–water partition coefficient (Wildman–Crippen LogP) is 0.649. The van der Waals surface area contributed by atoms with Gasteiger partial charge in [0, 0.05) is 20.1 Å². The minimum atomic E-state index is 0.745. The van der Waals surface area contributed by atoms with Gasteiger partial charge in [-0.1, -0.05) is 5.16 Å². The summed E-state index contributed by atoms with van der Waals surface area (Å²) in [6, 6.07) is 0. The number of nitrogens with zero attached hydrogens (tertiary/aromatic N) is 2. The van der Waals surface area contributed by atoms with E-state index in [1.807, 2.05) is 0 Å². The molecule has 0 unspecified atom stereocenters. The van der Waals surface area contributed by atoms with Crippen molar-refractivity contribution < 1.29 is 9.26 Å². The molecule has 1 rings (SSSR count). The van der Waals surface area contributed by atoms with E-state index >= 15 is 0 Å². The maximum Gasteiger partial charge on any atom is 0.213 e. The summed E-state index contributed by atoms with van der Waals surface area (Å²) in [5, 5.41) is 3.65. The fourth-order valence-corrected chi connectivity index (χ4v) is 0.677. The number of aromatic nitrogens is 2. The molecule has 1 heterocycles. The molecule has 0 saturated carbocycles. The molecular formula is C6H10N2O2. The minimum Gasteiger partial charge on any atom is -0.385 e. The molecule has 0 spiro atoms. The van der Waals surface area contributed by atoms with Crippen molar-refractivity contribution in [3.05, 3.63) is 12.2 Å². The zero-order valence-electron chi connectivity index (χ0n) is 5.91. The molecule has 0 bridgehead atoms. The highest BCUT2D eigenvalue weighted by Gasteiger charge is 1.95. The minimum absolute atomic E-state index is 0.745. The van der Waals surface area contributed by atoms with E-state index in [1.165, 1.54) is 6.39 Å². The molecule has 0 amide bonds. The van der Waals surface area contributed by atoms with E-state index in [0.717, 1.165) is 25.3 Å². The second-order valence-corrected chi connectivity index (χ2v) is 1.94. The fraction of sp³-hybridized carbons (Fsp3) is 0.667. The third kappa shape index (κ3) is 2.14. The van der Waals surface area contributed by atoms with Gasteiger partial charge in [-0.3, -0.25) is 0 Å². The van der Waals surface area contributed by atoms with Crippen molar-refractivity contribution in [3.8, 4) is 0 Å². The van der Waals surface area contributed by atoms with Gasteiger partial charge in [0.25, 0.3) is 0 Å². The van der Waals surface area contributed by atoms with Gasteiger partial charge in [0.1, 0.15) is 0 Å². The first-order valence-corrected chi connectivity index (χ1v) is 3.17. The molecule has 0 atom stereocenters. The lowest BCUT2D eigenvalue weighted by molar-refractivity contribution is 0.194. The molecule has 56 valence electrons. The molecule has 4 nitrogen and oxygen atoms in total. The highest BCUT2D eigenvalue weighted by Crippen LogP contribution is 1.93. The maximum absolute atomic E-state index is 4.85. The van der Waals surface area contributed by atoms with Gasteiger partial charge < -0.3 is 9.26 Å². The van der Waals surface area contributed by atoms with Crippen LogP contribution in [0.4, 0.5) is 0 Å². The third-order valence-corrected chi connectivity index (χ3v) is 1.16. The highest BCUT2D eigenvalue weighted by molar-refractivity contribution is 4.76. The Kier molecular flexibility index (Phi) is 2.89. The molecular weight excluding hydrogens is 132 g/mol. The normalized spacial score (nSPS) is 10.1. The Hall–Kier alpha value is -0.900. The van der Waals surface area contributed by atoms with E-state index < -0.39 is 0 Å². The van der Waals surface area contributed by atoms with Gasteiger partial charge in [0.05, 0.1) is 0 Å². The van der Waals surface area contributed by atoms with Crippen molar-refractivity contribution >= 4 is 0 Å². The van der Waals surface area contributed by atoms with Crippen molar-refractivity contribution in [3.63, 3.8) is 0 Å². The molecule has 0 radical (unpaired) electrons. The van der Waals surface area contributed by atoms with Crippen LogP contribution in [0.5, 0.6) is 0 Å². The zero-order valence-corrected chi connectivity index (χ0v) is 5.91. The largest absolute Gasteiger partial charge is 0.385 e. The van der Waals surface area contributed by atoms with Crippen LogP contribution in [-0.2, 0) is 11.2 Å². The summed E-state index contributed by atoms with van der Waals surface area (Å²) >= 11 is 0. The van der Waals surface area contributed by atoms with Gasteiger partial charge in [0.15, 0.2) is 5.82 Å². The molecule has 4 heteroatoms. The molecule has 0 aliphatic carbocycles. The van der Waals surface area contributed by atoms with Crippen molar-refractivity contribution in [2.24, 2.45) is 0 Å². The van der Waals surface area contributed by atoms with Gasteiger partial charge in [-0.05, 0) is 6.42 Å². The van der Waals surface area contributed by atoms with E-state index in [4.69, 9.17) is 4.74 Å². The van der Waals surface area contributed by atoms with E-state index in [1.54, 1.807) is 7.11 Å². The van der Waals surface area contributed by atoms with Gasteiger partial charge >= 0.3 is 0 Å². The summed E-state index contributed by atoms with van der Waals surface area (Å²) in [6.45, 7) is 0.745. The third-order valence-electron chi connectivity index (χ3n) is 1.16. The Morgan fingerprint density at radius 2 is 2.60 bits per heavy atom. The number of rotatable bonds is 4. The van der Waals surface area contributed by atoms with Crippen molar-refractivity contribution in [1.29, 1.82) is 0 Å². The molecule has 0 aliphatic heterocycles. The topological polar surface area (TPSA) is 48.2 Å². The quantitative estimate of drug-likeness (QED) is 0.579. The molecule has 0 aliphatic rings. The van der Waals surface area contributed by atoms with Crippen LogP contribution in [-0.4, -0.2) is 23.9 Å². The molecule has 1 aromatic heterocycles. The lowest BCUT2D eigenvalue weighted by Crippen LogP contribution is -1.93. The first-order valence-electron chi connectivity index (χ1n) is 3.17. The van der Waals surface area contributed by atoms with Crippen LogP contribution < -0.4 is 0 Å². The number of aryl methyl sites for hydroxylation is 1. The fourth-order valence-electron chi connectivity index (χ4n) is 0.677. The summed E-state index contributed by atoms with van der Waals surface area (Å²) < 4.78 is 9.40. The smallest absolute Gasteiger partial charge is 0.213 e. The molecule has 0 aromatic carbocycles. The average Bonchev–Trinajstić information content (AvgIpc) is 2.41. The van der Waals surface area contributed by atoms with Crippen LogP contribution in [0.25, 0.3) is 0 Å². The van der Waals surface area contributed by atoms with Crippen LogP contribution >= 0.6 is 0 Å². The van der Waals surface area contributed by atoms with Crippen LogP contribution in [0.2, 0.25) is 0 Å². The lowest BCUT2D eigenvalue weighted by Gasteiger charge is -1.92. The van der Waals surface area contributed by atoms with Gasteiger partial charge in [0.2, 0.25) is 6.39 Å². The summed E-state index contributed by atoms with van der Waals surface area (Å²) in [4.78, 5) is 3.85. The molecule has 0 N–H and O–H groups in total. The summed E-state index contributed by atoms with van der Waals surface area (Å²) in [7, 11) is 1.68. The maximum atomic E-state index is 4.85. The molecule has 0 fully saturated rings. The van der Waals surface area contributed by atoms with Crippen LogP contribution in [0.15, 0.2) is 10.9 Å². The lowest BCUT2D eigenvalue weighted by atomic mass is 10.3. The highest BCUT2D eigenvalue weighted by atomic mass is 16.5. The molecule has 1 aromatic rings. The number of methoxy groups -OCH3 is 1. The Morgan fingerprint density at radius 3 is 3.20 bits per heavy atom. The Bertz CT molecular complexity index is 162. The van der Waals surface area contributed by atoms with E-state index in [2.05, 4.69) is 14.7 Å². The number of hydrogen-bond donors (Lipinski definition) is 0. The second-order valence-electron chi connectivity index (χ2n) is 1.94. The summed E-state index contributed by atoms with van der Waals surface area (Å²) in [5.41, 5.74) is 0. The first-order chi connectivity index (χ1) is 4.93. The molecule has 10 heavy (non-hydrogen) atoms. The van der Waals surface area contributed by atoms with E-state index in [-0.39, 0.29) is 0 Å². The van der Waals surface area contributed by atoms with Gasteiger partial charge in [-0.15, -0.1) is 0 Å². The van der Waals surface area contributed by atoms with Crippen LogP contribution in [0.3, 0.4) is 0 Å². The van der Waals surface area contributed by atoms with E-state index in [9.17, 15) is 0 Å². The first kappa shape index (κ1) is 7.21. The SMILES string of the molecule is COCCCc1ncon1. The summed E-state index contributed by atoms with van der Waals surface area (Å²) in [5.74, 6) is 0.747. The Balaban J connectivity index is 2.15. The molecule has 0 saturated heterocycles. The Morgan fingerprint density at radius 1 is 1.70 bits per heavy atom. The second kappa shape index (κ2) is 4.00. The predicted molar refractivity (Wildman–Crippen MR) is 34.5 cm³/mol. The number of hydrogen-bond acceptors (Lipinski definition) is 4. The van der Waals surface area contributed by atoms with E-state index in [0.29, 0.717) is 0 Å². The number of ether oxygens (including phenoxy) is 1. The van der Waals surface area contributed by atoms with Crippen molar-refractivity contribution in [2.45, 2.75) is 12.8 Å². The van der Waals surface area contributed by atoms with Crippen LogP contribution in [0.1, 0.15) is 12.2 Å². The van der Waals surface area contributed by atoms with Crippen molar-refractivity contribution in [1.82, 2.24) is 10.1 Å². The van der Waals surface area contributed by atoms with Gasteiger partial charge in [-0.25, -0.2) is 0 Å². The standard InChI is InChI=1S/C6H10N2O2/c1-9-4-2-3-6-7-5-10-8-6/h5H,2-4H2,1H3. The monoisotopic (exact) mass is 142 g/mol. The zero-order chi connectivity index (χ0) is 7.23. The van der Waals surface area contributed by atoms with Crippen LogP contribution in [0, 0.1) is 0 Å². The average molecular weight is 142 g/mol. The Labute approximate surface area is 59.2 Å². The van der Waals surface area contributed by atoms with Gasteiger partial charge in [-0.2, -0.15) is 4.98 Å². The summed E-state index contributed by atoms with van der Waals surface area (Å²) in [6.07, 6.45) is 3.10.